The second-order valence-electron chi connectivity index (χ2n) is 4.62. The highest BCUT2D eigenvalue weighted by atomic mass is 16.5. The number of nitrogens with zero attached hydrogens (tertiary/aromatic N) is 1. The Labute approximate surface area is 103 Å². The molecule has 0 bridgehead atoms. The van der Waals surface area contributed by atoms with Gasteiger partial charge in [-0.1, -0.05) is 6.08 Å². The van der Waals surface area contributed by atoms with Crippen LogP contribution >= 0.6 is 0 Å². The number of carbonyl (C=O) groups excluding carboxylic acids is 1. The van der Waals surface area contributed by atoms with Crippen molar-refractivity contribution in [3.05, 3.63) is 12.7 Å². The summed E-state index contributed by atoms with van der Waals surface area (Å²) in [4.78, 5) is 13.6. The Morgan fingerprint density at radius 2 is 2.24 bits per heavy atom. The first-order valence-corrected chi connectivity index (χ1v) is 6.26. The smallest absolute Gasteiger partial charge is 0.308 e. The highest BCUT2D eigenvalue weighted by molar-refractivity contribution is 5.72. The summed E-state index contributed by atoms with van der Waals surface area (Å²) in [6.07, 6.45) is 4.82. The number of β-amino-alcohol motifs (C(OH)–C–C–N with tert-alkyl or cyclic N) is 1. The largest absolute Gasteiger partial charge is 0.469 e. The lowest BCUT2D eigenvalue weighted by Gasteiger charge is -2.31. The van der Waals surface area contributed by atoms with Gasteiger partial charge in [0.25, 0.3) is 0 Å². The Hall–Kier alpha value is -0.870. The first-order valence-electron chi connectivity index (χ1n) is 6.26. The third-order valence-electron chi connectivity index (χ3n) is 3.30. The molecule has 1 saturated heterocycles. The minimum atomic E-state index is -0.289. The van der Waals surface area contributed by atoms with Crippen LogP contribution in [0.2, 0.25) is 0 Å². The number of aliphatic hydroxyl groups is 1. The third kappa shape index (κ3) is 4.88. The van der Waals surface area contributed by atoms with Gasteiger partial charge in [-0.25, -0.2) is 0 Å². The summed E-state index contributed by atoms with van der Waals surface area (Å²) in [6.45, 7) is 6.07. The second-order valence-corrected chi connectivity index (χ2v) is 4.62. The molecule has 98 valence electrons. The normalized spacial score (nSPS) is 19.9. The Morgan fingerprint density at radius 1 is 1.59 bits per heavy atom. The molecule has 0 aromatic rings. The van der Waals surface area contributed by atoms with Gasteiger partial charge in [0, 0.05) is 6.54 Å². The van der Waals surface area contributed by atoms with Crippen LogP contribution in [0.25, 0.3) is 0 Å². The molecular formula is C13H23NO3. The zero-order chi connectivity index (χ0) is 12.7. The van der Waals surface area contributed by atoms with Gasteiger partial charge in [-0.2, -0.15) is 0 Å². The van der Waals surface area contributed by atoms with E-state index in [1.807, 2.05) is 6.08 Å². The van der Waals surface area contributed by atoms with Crippen molar-refractivity contribution in [2.45, 2.75) is 31.8 Å². The van der Waals surface area contributed by atoms with E-state index in [-0.39, 0.29) is 18.0 Å². The van der Waals surface area contributed by atoms with Gasteiger partial charge in [0.2, 0.25) is 0 Å². The summed E-state index contributed by atoms with van der Waals surface area (Å²) in [6, 6.07) is 0. The van der Waals surface area contributed by atoms with Crippen molar-refractivity contribution in [1.29, 1.82) is 0 Å². The number of piperidine rings is 1. The fourth-order valence-electron chi connectivity index (χ4n) is 2.22. The number of esters is 1. The van der Waals surface area contributed by atoms with Gasteiger partial charge in [0.1, 0.15) is 0 Å². The molecule has 0 saturated carbocycles. The van der Waals surface area contributed by atoms with Crippen molar-refractivity contribution < 1.29 is 14.6 Å². The maximum absolute atomic E-state index is 11.3. The Kier molecular flexibility index (Phi) is 6.22. The van der Waals surface area contributed by atoms with Gasteiger partial charge < -0.3 is 14.7 Å². The molecule has 1 rings (SSSR count). The summed E-state index contributed by atoms with van der Waals surface area (Å²) < 4.78 is 4.74. The summed E-state index contributed by atoms with van der Waals surface area (Å²) in [5.41, 5.74) is 0. The minimum Gasteiger partial charge on any atom is -0.469 e. The average Bonchev–Trinajstić information content (AvgIpc) is 2.36. The molecule has 1 heterocycles. The summed E-state index contributed by atoms with van der Waals surface area (Å²) in [5.74, 6) is -0.0570. The van der Waals surface area contributed by atoms with E-state index < -0.39 is 0 Å². The number of hydrogen-bond donors (Lipinski definition) is 1. The number of allylic oxidation sites excluding steroid dienone is 1. The predicted molar refractivity (Wildman–Crippen MR) is 66.6 cm³/mol. The monoisotopic (exact) mass is 241 g/mol. The lowest BCUT2D eigenvalue weighted by Crippen LogP contribution is -2.40. The highest BCUT2D eigenvalue weighted by Gasteiger charge is 2.26. The molecule has 0 aromatic carbocycles. The Bertz CT molecular complexity index is 247. The van der Waals surface area contributed by atoms with Gasteiger partial charge in [0.15, 0.2) is 0 Å². The number of hydrogen-bond acceptors (Lipinski definition) is 4. The van der Waals surface area contributed by atoms with Gasteiger partial charge in [-0.3, -0.25) is 4.79 Å². The van der Waals surface area contributed by atoms with Gasteiger partial charge >= 0.3 is 5.97 Å². The molecule has 17 heavy (non-hydrogen) atoms. The SMILES string of the molecule is C=CCCC(O)CN1CCC(C(=O)OC)CC1. The molecule has 1 atom stereocenters. The number of methoxy groups -OCH3 is 1. The summed E-state index contributed by atoms with van der Waals surface area (Å²) >= 11 is 0. The molecule has 0 spiro atoms. The fraction of sp³-hybridized carbons (Fsp3) is 0.769. The van der Waals surface area contributed by atoms with E-state index in [0.29, 0.717) is 6.54 Å². The van der Waals surface area contributed by atoms with E-state index in [0.717, 1.165) is 38.8 Å². The average molecular weight is 241 g/mol. The molecule has 0 radical (unpaired) electrons. The summed E-state index contributed by atoms with van der Waals surface area (Å²) in [5, 5.41) is 9.77. The summed E-state index contributed by atoms with van der Waals surface area (Å²) in [7, 11) is 1.44. The van der Waals surface area contributed by atoms with E-state index >= 15 is 0 Å². The zero-order valence-corrected chi connectivity index (χ0v) is 10.6. The van der Waals surface area contributed by atoms with Crippen molar-refractivity contribution in [1.82, 2.24) is 4.90 Å². The van der Waals surface area contributed by atoms with Crippen molar-refractivity contribution >= 4 is 5.97 Å². The molecular weight excluding hydrogens is 218 g/mol. The number of aliphatic hydroxyl groups excluding tert-OH is 1. The topological polar surface area (TPSA) is 49.8 Å². The number of carbonyl (C=O) groups is 1. The van der Waals surface area contributed by atoms with Crippen LogP contribution in [-0.2, 0) is 9.53 Å². The van der Waals surface area contributed by atoms with E-state index in [2.05, 4.69) is 11.5 Å². The molecule has 1 N–H and O–H groups in total. The van der Waals surface area contributed by atoms with Crippen molar-refractivity contribution in [2.24, 2.45) is 5.92 Å². The first-order chi connectivity index (χ1) is 8.17. The van der Waals surface area contributed by atoms with Crippen LogP contribution in [-0.4, -0.2) is 48.8 Å². The molecule has 1 fully saturated rings. The van der Waals surface area contributed by atoms with Crippen LogP contribution in [0.4, 0.5) is 0 Å². The standard InChI is InChI=1S/C13H23NO3/c1-3-4-5-12(15)10-14-8-6-11(7-9-14)13(16)17-2/h3,11-12,15H,1,4-10H2,2H3. The molecule has 1 aliphatic heterocycles. The minimum absolute atomic E-state index is 0.0431. The van der Waals surface area contributed by atoms with Crippen molar-refractivity contribution in [3.8, 4) is 0 Å². The highest BCUT2D eigenvalue weighted by Crippen LogP contribution is 2.18. The van der Waals surface area contributed by atoms with Crippen LogP contribution < -0.4 is 0 Å². The zero-order valence-electron chi connectivity index (χ0n) is 10.6. The second kappa shape index (κ2) is 7.45. The number of likely N-dealkylation sites (tertiary alicyclic amines) is 1. The van der Waals surface area contributed by atoms with Crippen LogP contribution in [0.15, 0.2) is 12.7 Å². The van der Waals surface area contributed by atoms with Crippen LogP contribution in [0.1, 0.15) is 25.7 Å². The van der Waals surface area contributed by atoms with Gasteiger partial charge in [0.05, 0.1) is 19.1 Å². The molecule has 4 nitrogen and oxygen atoms in total. The lowest BCUT2D eigenvalue weighted by atomic mass is 9.96. The van der Waals surface area contributed by atoms with Gasteiger partial charge in [-0.05, 0) is 38.8 Å². The predicted octanol–water partition coefficient (Wildman–Crippen LogP) is 1.20. The third-order valence-corrected chi connectivity index (χ3v) is 3.30. The Morgan fingerprint density at radius 3 is 2.76 bits per heavy atom. The lowest BCUT2D eigenvalue weighted by molar-refractivity contribution is -0.147. The Balaban J connectivity index is 2.22. The first kappa shape index (κ1) is 14.2. The molecule has 1 unspecified atom stereocenters. The van der Waals surface area contributed by atoms with E-state index in [1.54, 1.807) is 0 Å². The van der Waals surface area contributed by atoms with Crippen LogP contribution in [0, 0.1) is 5.92 Å². The molecule has 4 heteroatoms. The number of ether oxygens (including phenoxy) is 1. The van der Waals surface area contributed by atoms with Crippen LogP contribution in [0.5, 0.6) is 0 Å². The maximum Gasteiger partial charge on any atom is 0.308 e. The van der Waals surface area contributed by atoms with Crippen molar-refractivity contribution in [3.63, 3.8) is 0 Å². The molecule has 0 aromatic heterocycles. The quantitative estimate of drug-likeness (QED) is 0.561. The maximum atomic E-state index is 11.3. The van der Waals surface area contributed by atoms with E-state index in [4.69, 9.17) is 4.74 Å². The van der Waals surface area contributed by atoms with Crippen molar-refractivity contribution in [2.75, 3.05) is 26.7 Å². The fourth-order valence-corrected chi connectivity index (χ4v) is 2.22. The van der Waals surface area contributed by atoms with Gasteiger partial charge in [-0.15, -0.1) is 6.58 Å². The molecule has 1 aliphatic rings. The van der Waals surface area contributed by atoms with Crippen LogP contribution in [0.3, 0.4) is 0 Å². The number of rotatable bonds is 6. The van der Waals surface area contributed by atoms with E-state index in [1.165, 1.54) is 7.11 Å². The molecule has 0 aliphatic carbocycles. The van der Waals surface area contributed by atoms with E-state index in [9.17, 15) is 9.90 Å². The molecule has 0 amide bonds.